The highest BCUT2D eigenvalue weighted by Crippen LogP contribution is 2.34. The molecule has 0 fully saturated rings. The van der Waals surface area contributed by atoms with Crippen molar-refractivity contribution in [1.29, 1.82) is 0 Å². The molecular formula is C32H23N3O8. The van der Waals surface area contributed by atoms with E-state index in [2.05, 4.69) is 15.8 Å². The van der Waals surface area contributed by atoms with Crippen LogP contribution in [0.2, 0.25) is 0 Å². The Balaban J connectivity index is 1.15. The van der Waals surface area contributed by atoms with E-state index < -0.39 is 17.8 Å². The normalized spacial score (nSPS) is 13.1. The standard InChI is InChI=1S/C32H23N3O8/c36-30(22-6-2-1-3-7-22)34-25(14-20-9-11-26-28(15-20)41-18-39-26)31(37)35-33-17-21-5-4-8-24(13-21)43-32(38)23-10-12-27-29(16-23)42-19-40-27/h1-17H,18-19H2,(H,34,36)(H,35,37)/b25-14+,33-17+. The highest BCUT2D eigenvalue weighted by molar-refractivity contribution is 6.05. The number of carbonyl (C=O) groups excluding carboxylic acids is 3. The van der Waals surface area contributed by atoms with Crippen LogP contribution in [-0.4, -0.2) is 37.6 Å². The number of amides is 2. The van der Waals surface area contributed by atoms with Gasteiger partial charge in [-0.15, -0.1) is 0 Å². The predicted molar refractivity (Wildman–Crippen MR) is 154 cm³/mol. The number of hydrogen-bond donors (Lipinski definition) is 2. The van der Waals surface area contributed by atoms with Gasteiger partial charge in [0.15, 0.2) is 23.0 Å². The van der Waals surface area contributed by atoms with Gasteiger partial charge < -0.3 is 29.0 Å². The average molecular weight is 578 g/mol. The van der Waals surface area contributed by atoms with Crippen molar-refractivity contribution in [2.24, 2.45) is 5.10 Å². The molecule has 0 spiro atoms. The van der Waals surface area contributed by atoms with Gasteiger partial charge in [-0.3, -0.25) is 9.59 Å². The zero-order valence-electron chi connectivity index (χ0n) is 22.4. The van der Waals surface area contributed by atoms with Crippen molar-refractivity contribution >= 4 is 30.1 Å². The van der Waals surface area contributed by atoms with Gasteiger partial charge in [0.1, 0.15) is 11.4 Å². The third-order valence-electron chi connectivity index (χ3n) is 6.29. The number of fused-ring (bicyclic) bond motifs is 2. The largest absolute Gasteiger partial charge is 0.454 e. The first-order chi connectivity index (χ1) is 21.0. The number of nitrogens with one attached hydrogen (secondary N) is 2. The summed E-state index contributed by atoms with van der Waals surface area (Å²) in [6.45, 7) is 0.203. The Hall–Kier alpha value is -6.10. The molecule has 0 saturated heterocycles. The fourth-order valence-corrected chi connectivity index (χ4v) is 4.19. The van der Waals surface area contributed by atoms with Crippen molar-refractivity contribution in [3.8, 4) is 28.7 Å². The van der Waals surface area contributed by atoms with Crippen LogP contribution in [0.15, 0.2) is 102 Å². The Morgan fingerprint density at radius 1 is 0.698 bits per heavy atom. The minimum Gasteiger partial charge on any atom is -0.454 e. The van der Waals surface area contributed by atoms with E-state index >= 15 is 0 Å². The summed E-state index contributed by atoms with van der Waals surface area (Å²) in [5, 5.41) is 6.68. The number of ether oxygens (including phenoxy) is 5. The molecule has 4 aromatic carbocycles. The van der Waals surface area contributed by atoms with Gasteiger partial charge in [-0.05, 0) is 71.8 Å². The molecule has 43 heavy (non-hydrogen) atoms. The fourth-order valence-electron chi connectivity index (χ4n) is 4.19. The van der Waals surface area contributed by atoms with E-state index in [4.69, 9.17) is 23.7 Å². The molecule has 2 heterocycles. The van der Waals surface area contributed by atoms with Crippen molar-refractivity contribution in [3.63, 3.8) is 0 Å². The second-order valence-electron chi connectivity index (χ2n) is 9.22. The van der Waals surface area contributed by atoms with Crippen LogP contribution in [0.25, 0.3) is 6.08 Å². The molecule has 2 amide bonds. The number of rotatable bonds is 8. The van der Waals surface area contributed by atoms with Crippen molar-refractivity contribution in [2.45, 2.75) is 0 Å². The number of esters is 1. The van der Waals surface area contributed by atoms with Crippen molar-refractivity contribution in [2.75, 3.05) is 13.6 Å². The molecule has 2 N–H and O–H groups in total. The maximum Gasteiger partial charge on any atom is 0.343 e. The monoisotopic (exact) mass is 577 g/mol. The first-order valence-electron chi connectivity index (χ1n) is 13.0. The summed E-state index contributed by atoms with van der Waals surface area (Å²) in [5.41, 5.74) is 4.21. The zero-order valence-corrected chi connectivity index (χ0v) is 22.4. The van der Waals surface area contributed by atoms with Crippen molar-refractivity contribution in [1.82, 2.24) is 10.7 Å². The molecule has 0 atom stereocenters. The van der Waals surface area contributed by atoms with Gasteiger partial charge >= 0.3 is 5.97 Å². The van der Waals surface area contributed by atoms with Gasteiger partial charge in [-0.1, -0.05) is 36.4 Å². The molecule has 214 valence electrons. The molecule has 0 radical (unpaired) electrons. The van der Waals surface area contributed by atoms with Crippen LogP contribution in [0.5, 0.6) is 28.7 Å². The number of hydrogen-bond acceptors (Lipinski definition) is 9. The van der Waals surface area contributed by atoms with E-state index in [9.17, 15) is 14.4 Å². The first-order valence-corrected chi connectivity index (χ1v) is 13.0. The Morgan fingerprint density at radius 3 is 2.21 bits per heavy atom. The Labute approximate surface area is 245 Å². The number of benzene rings is 4. The summed E-state index contributed by atoms with van der Waals surface area (Å²) in [6, 6.07) is 25.0. The first kappa shape index (κ1) is 27.1. The van der Waals surface area contributed by atoms with Crippen molar-refractivity contribution < 1.29 is 38.1 Å². The highest BCUT2D eigenvalue weighted by atomic mass is 16.7. The van der Waals surface area contributed by atoms with Crippen LogP contribution < -0.4 is 34.4 Å². The van der Waals surface area contributed by atoms with Crippen LogP contribution in [0.1, 0.15) is 31.8 Å². The molecule has 0 bridgehead atoms. The molecule has 11 nitrogen and oxygen atoms in total. The summed E-state index contributed by atoms with van der Waals surface area (Å²) < 4.78 is 26.8. The molecular weight excluding hydrogens is 554 g/mol. The maximum atomic E-state index is 13.1. The second-order valence-corrected chi connectivity index (χ2v) is 9.22. The average Bonchev–Trinajstić information content (AvgIpc) is 3.70. The van der Waals surface area contributed by atoms with Crippen LogP contribution in [0.3, 0.4) is 0 Å². The van der Waals surface area contributed by atoms with Crippen LogP contribution >= 0.6 is 0 Å². The second kappa shape index (κ2) is 12.2. The molecule has 2 aliphatic heterocycles. The fraction of sp³-hybridized carbons (Fsp3) is 0.0625. The lowest BCUT2D eigenvalue weighted by Gasteiger charge is -2.09. The molecule has 2 aliphatic rings. The number of carbonyl (C=O) groups is 3. The van der Waals surface area contributed by atoms with E-state index in [0.717, 1.165) is 0 Å². The van der Waals surface area contributed by atoms with Gasteiger partial charge in [0.05, 0.1) is 11.8 Å². The molecule has 0 aromatic heterocycles. The number of hydrazone groups is 1. The quantitative estimate of drug-likeness (QED) is 0.104. The lowest BCUT2D eigenvalue weighted by Crippen LogP contribution is -2.32. The Morgan fingerprint density at radius 2 is 1.42 bits per heavy atom. The Kier molecular flexibility index (Phi) is 7.68. The lowest BCUT2D eigenvalue weighted by atomic mass is 10.1. The summed E-state index contributed by atoms with van der Waals surface area (Å²) in [5.74, 6) is 0.713. The van der Waals surface area contributed by atoms with Crippen LogP contribution in [-0.2, 0) is 4.79 Å². The summed E-state index contributed by atoms with van der Waals surface area (Å²) in [4.78, 5) is 38.6. The minimum absolute atomic E-state index is 0.0451. The molecule has 0 aliphatic carbocycles. The van der Waals surface area contributed by atoms with Gasteiger partial charge in [-0.25, -0.2) is 10.2 Å². The molecule has 11 heteroatoms. The smallest absolute Gasteiger partial charge is 0.343 e. The van der Waals surface area contributed by atoms with Gasteiger partial charge in [0, 0.05) is 5.56 Å². The van der Waals surface area contributed by atoms with Gasteiger partial charge in [0.2, 0.25) is 13.6 Å². The van der Waals surface area contributed by atoms with E-state index in [1.165, 1.54) is 12.3 Å². The third kappa shape index (κ3) is 6.46. The minimum atomic E-state index is -0.663. The van der Waals surface area contributed by atoms with Crippen molar-refractivity contribution in [3.05, 3.63) is 119 Å². The SMILES string of the molecule is O=C(N/N=C/c1cccc(OC(=O)c2ccc3c(c2)OCO3)c1)/C(=C\c1ccc2c(c1)OCO2)NC(=O)c1ccccc1. The maximum absolute atomic E-state index is 13.1. The van der Waals surface area contributed by atoms with Gasteiger partial charge in [-0.2, -0.15) is 5.10 Å². The number of nitrogens with zero attached hydrogens (tertiary/aromatic N) is 1. The van der Waals surface area contributed by atoms with E-state index in [0.29, 0.717) is 45.3 Å². The topological polar surface area (TPSA) is 134 Å². The molecule has 0 saturated carbocycles. The highest BCUT2D eigenvalue weighted by Gasteiger charge is 2.19. The van der Waals surface area contributed by atoms with E-state index in [1.54, 1.807) is 91.0 Å². The summed E-state index contributed by atoms with van der Waals surface area (Å²) in [7, 11) is 0. The molecule has 4 aromatic rings. The summed E-state index contributed by atoms with van der Waals surface area (Å²) >= 11 is 0. The van der Waals surface area contributed by atoms with Crippen LogP contribution in [0, 0.1) is 0 Å². The van der Waals surface area contributed by atoms with Crippen LogP contribution in [0.4, 0.5) is 0 Å². The van der Waals surface area contributed by atoms with E-state index in [-0.39, 0.29) is 25.0 Å². The van der Waals surface area contributed by atoms with Gasteiger partial charge in [0.25, 0.3) is 11.8 Å². The van der Waals surface area contributed by atoms with E-state index in [1.807, 2.05) is 0 Å². The molecule has 6 rings (SSSR count). The summed E-state index contributed by atoms with van der Waals surface area (Å²) in [6.07, 6.45) is 2.89. The third-order valence-corrected chi connectivity index (χ3v) is 6.29. The lowest BCUT2D eigenvalue weighted by molar-refractivity contribution is -0.117. The molecule has 0 unspecified atom stereocenters. The predicted octanol–water partition coefficient (Wildman–Crippen LogP) is 4.28. The Bertz CT molecular complexity index is 1770. The zero-order chi connectivity index (χ0) is 29.6.